The molecule has 0 bridgehead atoms. The van der Waals surface area contributed by atoms with Crippen LogP contribution in [0.15, 0.2) is 218 Å². The molecule has 2 nitrogen and oxygen atoms in total. The van der Waals surface area contributed by atoms with Crippen LogP contribution in [0.4, 0.5) is 17.1 Å². The summed E-state index contributed by atoms with van der Waals surface area (Å²) in [5.74, 6) is 0. The first kappa shape index (κ1) is 35.3. The lowest BCUT2D eigenvalue weighted by Gasteiger charge is -2.29. The summed E-state index contributed by atoms with van der Waals surface area (Å²) in [6.07, 6.45) is 0. The molecular weight excluding hydrogens is 737 g/mol. The molecule has 0 saturated carbocycles. The van der Waals surface area contributed by atoms with E-state index < -0.39 is 0 Å². The quantitative estimate of drug-likeness (QED) is 0.153. The number of rotatable bonds is 6. The first-order chi connectivity index (χ1) is 30.0. The van der Waals surface area contributed by atoms with E-state index in [1.165, 1.54) is 99.2 Å². The molecule has 0 N–H and O–H groups in total. The second kappa shape index (κ2) is 13.7. The third-order valence-electron chi connectivity index (χ3n) is 13.2. The van der Waals surface area contributed by atoms with Gasteiger partial charge in [0.05, 0.1) is 16.7 Å². The van der Waals surface area contributed by atoms with Gasteiger partial charge in [0.2, 0.25) is 0 Å². The van der Waals surface area contributed by atoms with Gasteiger partial charge in [0.25, 0.3) is 0 Å². The predicted molar refractivity (Wildman–Crippen MR) is 259 cm³/mol. The van der Waals surface area contributed by atoms with E-state index in [1.807, 2.05) is 0 Å². The van der Waals surface area contributed by atoms with E-state index in [2.05, 4.69) is 242 Å². The van der Waals surface area contributed by atoms with Gasteiger partial charge in [-0.05, 0) is 121 Å². The fraction of sp³-hybridized carbons (Fsp3) is 0.0508. The van der Waals surface area contributed by atoms with Gasteiger partial charge in [0.1, 0.15) is 0 Å². The molecule has 0 radical (unpaired) electrons. The lowest BCUT2D eigenvalue weighted by Crippen LogP contribution is -2.16. The number of anilines is 3. The van der Waals surface area contributed by atoms with Crippen LogP contribution in [0.3, 0.4) is 0 Å². The van der Waals surface area contributed by atoms with Crippen LogP contribution in [0.2, 0.25) is 0 Å². The molecule has 61 heavy (non-hydrogen) atoms. The maximum absolute atomic E-state index is 2.47. The second-order valence-corrected chi connectivity index (χ2v) is 16.9. The number of nitrogens with zero attached hydrogens (tertiary/aromatic N) is 2. The molecule has 1 aliphatic carbocycles. The molecule has 0 atom stereocenters. The van der Waals surface area contributed by atoms with Crippen molar-refractivity contribution in [1.29, 1.82) is 0 Å². The molecule has 12 rings (SSSR count). The van der Waals surface area contributed by atoms with Crippen LogP contribution in [0.5, 0.6) is 0 Å². The first-order valence-electron chi connectivity index (χ1n) is 21.3. The highest BCUT2D eigenvalue weighted by atomic mass is 15.1. The fourth-order valence-electron chi connectivity index (χ4n) is 10.3. The van der Waals surface area contributed by atoms with Crippen molar-refractivity contribution in [3.05, 3.63) is 230 Å². The van der Waals surface area contributed by atoms with Gasteiger partial charge in [0, 0.05) is 38.8 Å². The minimum atomic E-state index is -0.119. The summed E-state index contributed by atoms with van der Waals surface area (Å²) in [6, 6.07) is 80.4. The molecule has 1 aromatic heterocycles. The molecule has 288 valence electrons. The highest BCUT2D eigenvalue weighted by Gasteiger charge is 2.37. The lowest BCUT2D eigenvalue weighted by molar-refractivity contribution is 0.660. The van der Waals surface area contributed by atoms with Crippen LogP contribution in [0.1, 0.15) is 25.0 Å². The molecular formula is C59H42N2. The molecule has 2 heteroatoms. The molecule has 0 spiro atoms. The van der Waals surface area contributed by atoms with Gasteiger partial charge in [0.15, 0.2) is 0 Å². The first-order valence-corrected chi connectivity index (χ1v) is 21.3. The van der Waals surface area contributed by atoms with Crippen molar-refractivity contribution in [3.8, 4) is 39.1 Å². The molecule has 1 aliphatic rings. The number of benzene rings is 10. The Morgan fingerprint density at radius 3 is 1.92 bits per heavy atom. The topological polar surface area (TPSA) is 8.17 Å². The van der Waals surface area contributed by atoms with Crippen LogP contribution in [0.25, 0.3) is 82.4 Å². The van der Waals surface area contributed by atoms with Crippen LogP contribution in [-0.2, 0) is 5.41 Å². The number of hydrogen-bond donors (Lipinski definition) is 0. The van der Waals surface area contributed by atoms with Crippen molar-refractivity contribution < 1.29 is 0 Å². The summed E-state index contributed by atoms with van der Waals surface area (Å²) >= 11 is 0. The summed E-state index contributed by atoms with van der Waals surface area (Å²) in [5, 5.41) is 7.59. The molecule has 0 fully saturated rings. The number of para-hydroxylation sites is 2. The third-order valence-corrected chi connectivity index (χ3v) is 13.2. The van der Waals surface area contributed by atoms with Crippen molar-refractivity contribution in [2.75, 3.05) is 4.90 Å². The van der Waals surface area contributed by atoms with Crippen LogP contribution in [-0.4, -0.2) is 4.57 Å². The SMILES string of the molecule is CC1(C)c2ccccc2-c2c(N(c3ccc(-c4cccc5c4ccc4ccccc45)cc3)c3cccc(-c4ccc5c(c4)c4ccccc4n5-c4ccccc4)c3)cccc21. The van der Waals surface area contributed by atoms with E-state index in [0.29, 0.717) is 0 Å². The highest BCUT2D eigenvalue weighted by molar-refractivity contribution is 6.13. The molecule has 0 aliphatic heterocycles. The monoisotopic (exact) mass is 778 g/mol. The van der Waals surface area contributed by atoms with Gasteiger partial charge >= 0.3 is 0 Å². The molecule has 11 aromatic rings. The molecule has 1 heterocycles. The van der Waals surface area contributed by atoms with Crippen molar-refractivity contribution in [3.63, 3.8) is 0 Å². The average molecular weight is 779 g/mol. The normalized spacial score (nSPS) is 12.9. The van der Waals surface area contributed by atoms with E-state index in [-0.39, 0.29) is 5.41 Å². The zero-order valence-electron chi connectivity index (χ0n) is 34.2. The van der Waals surface area contributed by atoms with Crippen LogP contribution < -0.4 is 4.90 Å². The fourth-order valence-corrected chi connectivity index (χ4v) is 10.3. The number of hydrogen-bond acceptors (Lipinski definition) is 1. The summed E-state index contributed by atoms with van der Waals surface area (Å²) in [6.45, 7) is 4.72. The van der Waals surface area contributed by atoms with Crippen molar-refractivity contribution in [2.45, 2.75) is 19.3 Å². The smallest absolute Gasteiger partial charge is 0.0543 e. The predicted octanol–water partition coefficient (Wildman–Crippen LogP) is 16.2. The van der Waals surface area contributed by atoms with Crippen LogP contribution in [0, 0.1) is 0 Å². The maximum atomic E-state index is 2.47. The Bertz CT molecular complexity index is 3500. The largest absolute Gasteiger partial charge is 0.310 e. The zero-order chi connectivity index (χ0) is 40.7. The highest BCUT2D eigenvalue weighted by Crippen LogP contribution is 2.54. The van der Waals surface area contributed by atoms with Gasteiger partial charge in [-0.3, -0.25) is 0 Å². The van der Waals surface area contributed by atoms with Gasteiger partial charge in [-0.2, -0.15) is 0 Å². The van der Waals surface area contributed by atoms with Crippen molar-refractivity contribution >= 4 is 60.4 Å². The Morgan fingerprint density at radius 1 is 0.377 bits per heavy atom. The lowest BCUT2D eigenvalue weighted by atomic mass is 9.82. The second-order valence-electron chi connectivity index (χ2n) is 16.9. The molecule has 0 saturated heterocycles. The number of aromatic nitrogens is 1. The maximum Gasteiger partial charge on any atom is 0.0543 e. The number of fused-ring (bicyclic) bond motifs is 9. The Balaban J connectivity index is 1.02. The van der Waals surface area contributed by atoms with E-state index >= 15 is 0 Å². The molecule has 0 unspecified atom stereocenters. The summed E-state index contributed by atoms with van der Waals surface area (Å²) < 4.78 is 2.38. The Morgan fingerprint density at radius 2 is 1.03 bits per heavy atom. The summed E-state index contributed by atoms with van der Waals surface area (Å²) in [7, 11) is 0. The van der Waals surface area contributed by atoms with Gasteiger partial charge in [-0.1, -0.05) is 172 Å². The van der Waals surface area contributed by atoms with Gasteiger partial charge in [-0.15, -0.1) is 0 Å². The Hall–Kier alpha value is -7.68. The average Bonchev–Trinajstić information content (AvgIpc) is 3.77. The van der Waals surface area contributed by atoms with E-state index in [0.717, 1.165) is 11.4 Å². The third kappa shape index (κ3) is 5.49. The summed E-state index contributed by atoms with van der Waals surface area (Å²) in [5.41, 5.74) is 17.0. The molecule has 10 aromatic carbocycles. The minimum Gasteiger partial charge on any atom is -0.310 e. The van der Waals surface area contributed by atoms with Gasteiger partial charge < -0.3 is 9.47 Å². The van der Waals surface area contributed by atoms with E-state index in [1.54, 1.807) is 0 Å². The van der Waals surface area contributed by atoms with Crippen molar-refractivity contribution in [1.82, 2.24) is 4.57 Å². The van der Waals surface area contributed by atoms with Gasteiger partial charge in [-0.25, -0.2) is 0 Å². The van der Waals surface area contributed by atoms with E-state index in [9.17, 15) is 0 Å². The standard InChI is InChI=1S/C59H42N2/c1-59(2)53-25-10-8-22-51(53)58-54(59)26-14-28-57(58)60(44-33-29-40(30-34-44)47-23-13-24-48-46-20-7-6-15-39(46)31-35-49(47)48)45-19-12-16-41(37-45)42-32-36-56-52(38-42)50-21-9-11-27-55(50)61(56)43-17-4-3-5-18-43/h3-38H,1-2H3. The van der Waals surface area contributed by atoms with Crippen molar-refractivity contribution in [2.24, 2.45) is 0 Å². The Labute approximate surface area is 356 Å². The summed E-state index contributed by atoms with van der Waals surface area (Å²) in [4.78, 5) is 2.47. The Kier molecular flexibility index (Phi) is 7.92. The van der Waals surface area contributed by atoms with E-state index in [4.69, 9.17) is 0 Å². The molecule has 0 amide bonds. The minimum absolute atomic E-state index is 0.119. The van der Waals surface area contributed by atoms with Crippen LogP contribution >= 0.6 is 0 Å². The zero-order valence-corrected chi connectivity index (χ0v) is 34.2.